The molecule has 1 aromatic heterocycles. The van der Waals surface area contributed by atoms with E-state index in [9.17, 15) is 9.59 Å². The molecule has 0 saturated carbocycles. The van der Waals surface area contributed by atoms with Gasteiger partial charge in [0.25, 0.3) is 0 Å². The summed E-state index contributed by atoms with van der Waals surface area (Å²) >= 11 is 1.49. The zero-order valence-corrected chi connectivity index (χ0v) is 10.9. The summed E-state index contributed by atoms with van der Waals surface area (Å²) in [6, 6.07) is 0.428. The van der Waals surface area contributed by atoms with Crippen LogP contribution in [0.15, 0.2) is 16.8 Å². The molecular weight excluding hydrogens is 238 g/mol. The normalized spacial score (nSPS) is 12.9. The predicted molar refractivity (Wildman–Crippen MR) is 68.9 cm³/mol. The second kappa shape index (κ2) is 5.18. The number of thiophene rings is 1. The number of urea groups is 1. The molecule has 1 heterocycles. The molecular formula is C11H17N3O2S. The fourth-order valence-corrected chi connectivity index (χ4v) is 1.96. The van der Waals surface area contributed by atoms with Crippen LogP contribution in [0.3, 0.4) is 0 Å². The minimum Gasteiger partial charge on any atom is -0.352 e. The SMILES string of the molecule is CC(C)(C)[C@H](NC(N)=O)C(=O)Nc1ccsc1. The first-order valence-electron chi connectivity index (χ1n) is 5.20. The van der Waals surface area contributed by atoms with E-state index >= 15 is 0 Å². The van der Waals surface area contributed by atoms with E-state index in [1.165, 1.54) is 11.3 Å². The highest BCUT2D eigenvalue weighted by Gasteiger charge is 2.32. The van der Waals surface area contributed by atoms with Gasteiger partial charge in [-0.3, -0.25) is 4.79 Å². The van der Waals surface area contributed by atoms with Crippen LogP contribution in [0.4, 0.5) is 10.5 Å². The first-order chi connectivity index (χ1) is 7.80. The van der Waals surface area contributed by atoms with Crippen LogP contribution in [0.2, 0.25) is 0 Å². The molecule has 0 bridgehead atoms. The molecule has 0 unspecified atom stereocenters. The molecule has 4 N–H and O–H groups in total. The van der Waals surface area contributed by atoms with Gasteiger partial charge in [-0.2, -0.15) is 11.3 Å². The first kappa shape index (κ1) is 13.5. The van der Waals surface area contributed by atoms with Crippen LogP contribution >= 0.6 is 11.3 Å². The molecule has 3 amide bonds. The summed E-state index contributed by atoms with van der Waals surface area (Å²) in [5.74, 6) is -0.269. The first-order valence-corrected chi connectivity index (χ1v) is 6.14. The van der Waals surface area contributed by atoms with Gasteiger partial charge in [0.2, 0.25) is 5.91 Å². The molecule has 0 saturated heterocycles. The second-order valence-corrected chi connectivity index (χ2v) is 5.59. The van der Waals surface area contributed by atoms with Gasteiger partial charge in [-0.25, -0.2) is 4.79 Å². The van der Waals surface area contributed by atoms with Crippen LogP contribution in [0.25, 0.3) is 0 Å². The van der Waals surface area contributed by atoms with E-state index in [1.807, 2.05) is 31.5 Å². The number of hydrogen-bond donors (Lipinski definition) is 3. The summed E-state index contributed by atoms with van der Waals surface area (Å²) in [7, 11) is 0. The van der Waals surface area contributed by atoms with E-state index in [4.69, 9.17) is 5.73 Å². The third kappa shape index (κ3) is 4.07. The van der Waals surface area contributed by atoms with E-state index in [2.05, 4.69) is 10.6 Å². The van der Waals surface area contributed by atoms with Gasteiger partial charge >= 0.3 is 6.03 Å². The zero-order valence-electron chi connectivity index (χ0n) is 10.1. The summed E-state index contributed by atoms with van der Waals surface area (Å²) in [6.07, 6.45) is 0. The highest BCUT2D eigenvalue weighted by Crippen LogP contribution is 2.21. The lowest BCUT2D eigenvalue weighted by molar-refractivity contribution is -0.120. The maximum absolute atomic E-state index is 12.0. The average Bonchev–Trinajstić information content (AvgIpc) is 2.64. The number of nitrogens with one attached hydrogen (secondary N) is 2. The number of anilines is 1. The summed E-state index contributed by atoms with van der Waals surface area (Å²) in [5, 5.41) is 8.88. The number of rotatable bonds is 3. The quantitative estimate of drug-likeness (QED) is 0.769. The molecule has 1 atom stereocenters. The fourth-order valence-electron chi connectivity index (χ4n) is 1.37. The van der Waals surface area contributed by atoms with Crippen LogP contribution in [0.1, 0.15) is 20.8 Å². The van der Waals surface area contributed by atoms with Crippen molar-refractivity contribution in [3.05, 3.63) is 16.8 Å². The van der Waals surface area contributed by atoms with Gasteiger partial charge in [0.15, 0.2) is 0 Å². The third-order valence-corrected chi connectivity index (χ3v) is 2.89. The third-order valence-electron chi connectivity index (χ3n) is 2.20. The highest BCUT2D eigenvalue weighted by molar-refractivity contribution is 7.08. The van der Waals surface area contributed by atoms with E-state index in [0.717, 1.165) is 5.69 Å². The van der Waals surface area contributed by atoms with Gasteiger partial charge < -0.3 is 16.4 Å². The van der Waals surface area contributed by atoms with Crippen molar-refractivity contribution in [3.63, 3.8) is 0 Å². The molecule has 5 nitrogen and oxygen atoms in total. The molecule has 0 aliphatic rings. The number of nitrogens with two attached hydrogens (primary N) is 1. The van der Waals surface area contributed by atoms with Crippen LogP contribution in [0, 0.1) is 5.41 Å². The van der Waals surface area contributed by atoms with Crippen LogP contribution in [0.5, 0.6) is 0 Å². The lowest BCUT2D eigenvalue weighted by Crippen LogP contribution is -2.52. The summed E-state index contributed by atoms with van der Waals surface area (Å²) in [5.41, 5.74) is 5.39. The van der Waals surface area contributed by atoms with Gasteiger partial charge in [0, 0.05) is 5.38 Å². The molecule has 0 aromatic carbocycles. The Kier molecular flexibility index (Phi) is 4.11. The van der Waals surface area contributed by atoms with Crippen molar-refractivity contribution < 1.29 is 9.59 Å². The van der Waals surface area contributed by atoms with Gasteiger partial charge in [0.1, 0.15) is 6.04 Å². The molecule has 0 fully saturated rings. The summed E-state index contributed by atoms with van der Waals surface area (Å²) in [6.45, 7) is 5.59. The molecule has 94 valence electrons. The zero-order chi connectivity index (χ0) is 13.1. The standard InChI is InChI=1S/C11H17N3O2S/c1-11(2,3)8(14-10(12)16)9(15)13-7-4-5-17-6-7/h4-6,8H,1-3H3,(H,13,15)(H3,12,14,16)/t8-/m1/s1. The maximum atomic E-state index is 12.0. The monoisotopic (exact) mass is 255 g/mol. The topological polar surface area (TPSA) is 84.2 Å². The number of amides is 3. The molecule has 0 spiro atoms. The number of carbonyl (C=O) groups excluding carboxylic acids is 2. The number of hydrogen-bond acceptors (Lipinski definition) is 3. The molecule has 0 aliphatic carbocycles. The molecule has 1 aromatic rings. The summed E-state index contributed by atoms with van der Waals surface area (Å²) in [4.78, 5) is 22.9. The van der Waals surface area contributed by atoms with Gasteiger partial charge in [-0.15, -0.1) is 0 Å². The molecule has 0 radical (unpaired) electrons. The average molecular weight is 255 g/mol. The Morgan fingerprint density at radius 2 is 2.06 bits per heavy atom. The maximum Gasteiger partial charge on any atom is 0.312 e. The Hall–Kier alpha value is -1.56. The second-order valence-electron chi connectivity index (χ2n) is 4.81. The smallest absolute Gasteiger partial charge is 0.312 e. The Labute approximate surface area is 104 Å². The van der Waals surface area contributed by atoms with Crippen molar-refractivity contribution in [1.29, 1.82) is 0 Å². The Morgan fingerprint density at radius 1 is 1.41 bits per heavy atom. The number of primary amides is 1. The number of carbonyl (C=O) groups is 2. The minimum atomic E-state index is -0.703. The molecule has 6 heteroatoms. The van der Waals surface area contributed by atoms with E-state index in [1.54, 1.807) is 6.07 Å². The van der Waals surface area contributed by atoms with Crippen molar-refractivity contribution >= 4 is 29.0 Å². The van der Waals surface area contributed by atoms with Crippen molar-refractivity contribution in [1.82, 2.24) is 5.32 Å². The van der Waals surface area contributed by atoms with E-state index < -0.39 is 17.5 Å². The van der Waals surface area contributed by atoms with Crippen molar-refractivity contribution in [2.45, 2.75) is 26.8 Å². The summed E-state index contributed by atoms with van der Waals surface area (Å²) < 4.78 is 0. The lowest BCUT2D eigenvalue weighted by Gasteiger charge is -2.29. The van der Waals surface area contributed by atoms with Crippen molar-refractivity contribution in [3.8, 4) is 0 Å². The minimum absolute atomic E-state index is 0.269. The van der Waals surface area contributed by atoms with Gasteiger partial charge in [0.05, 0.1) is 5.69 Å². The lowest BCUT2D eigenvalue weighted by atomic mass is 9.86. The van der Waals surface area contributed by atoms with Crippen LogP contribution in [-0.4, -0.2) is 18.0 Å². The van der Waals surface area contributed by atoms with Gasteiger partial charge in [-0.1, -0.05) is 20.8 Å². The molecule has 0 aliphatic heterocycles. The molecule has 1 rings (SSSR count). The fraction of sp³-hybridized carbons (Fsp3) is 0.455. The highest BCUT2D eigenvalue weighted by atomic mass is 32.1. The molecule has 17 heavy (non-hydrogen) atoms. The van der Waals surface area contributed by atoms with Crippen molar-refractivity contribution in [2.75, 3.05) is 5.32 Å². The Morgan fingerprint density at radius 3 is 2.47 bits per heavy atom. The van der Waals surface area contributed by atoms with Crippen molar-refractivity contribution in [2.24, 2.45) is 11.1 Å². The van der Waals surface area contributed by atoms with E-state index in [0.29, 0.717) is 0 Å². The predicted octanol–water partition coefficient (Wildman–Crippen LogP) is 1.77. The van der Waals surface area contributed by atoms with E-state index in [-0.39, 0.29) is 5.91 Å². The van der Waals surface area contributed by atoms with Crippen LogP contribution < -0.4 is 16.4 Å². The Bertz CT molecular complexity index is 395. The van der Waals surface area contributed by atoms with Gasteiger partial charge in [-0.05, 0) is 16.9 Å². The Balaban J connectivity index is 2.76. The van der Waals surface area contributed by atoms with Crippen LogP contribution in [-0.2, 0) is 4.79 Å². The largest absolute Gasteiger partial charge is 0.352 e.